The van der Waals surface area contributed by atoms with E-state index in [2.05, 4.69) is 5.32 Å². The van der Waals surface area contributed by atoms with Gasteiger partial charge in [0.15, 0.2) is 6.10 Å². The number of para-hydroxylation sites is 1. The van der Waals surface area contributed by atoms with E-state index >= 15 is 0 Å². The molecule has 1 atom stereocenters. The fourth-order valence-corrected chi connectivity index (χ4v) is 2.12. The van der Waals surface area contributed by atoms with Crippen LogP contribution in [-0.2, 0) is 14.3 Å². The number of amides is 1. The smallest absolute Gasteiger partial charge is 0.331 e. The number of hydrogen-bond acceptors (Lipinski definition) is 3. The molecule has 0 spiro atoms. The lowest BCUT2D eigenvalue weighted by Gasteiger charge is -2.12. The van der Waals surface area contributed by atoms with Crippen molar-refractivity contribution in [3.8, 4) is 0 Å². The minimum Gasteiger partial charge on any atom is -0.449 e. The third kappa shape index (κ3) is 5.41. The van der Waals surface area contributed by atoms with Crippen molar-refractivity contribution in [2.24, 2.45) is 0 Å². The molecule has 4 nitrogen and oxygen atoms in total. The van der Waals surface area contributed by atoms with E-state index < -0.39 is 18.0 Å². The Bertz CT molecular complexity index is 760. The van der Waals surface area contributed by atoms with Gasteiger partial charge in [0.2, 0.25) is 0 Å². The lowest BCUT2D eigenvalue weighted by Crippen LogP contribution is -2.29. The fraction of sp³-hybridized carbons (Fsp3) is 0.111. The van der Waals surface area contributed by atoms with Gasteiger partial charge in [-0.05, 0) is 42.8 Å². The summed E-state index contributed by atoms with van der Waals surface area (Å²) in [6, 6.07) is 13.9. The summed E-state index contributed by atoms with van der Waals surface area (Å²) >= 11 is 11.7. The summed E-state index contributed by atoms with van der Waals surface area (Å²) in [7, 11) is 0. The van der Waals surface area contributed by atoms with E-state index in [1.807, 2.05) is 6.07 Å². The topological polar surface area (TPSA) is 55.4 Å². The van der Waals surface area contributed by atoms with Crippen LogP contribution in [0.1, 0.15) is 12.5 Å². The Morgan fingerprint density at radius 1 is 1.08 bits per heavy atom. The highest BCUT2D eigenvalue weighted by atomic mass is 35.5. The highest BCUT2D eigenvalue weighted by molar-refractivity contribution is 6.42. The van der Waals surface area contributed by atoms with Crippen LogP contribution in [0.5, 0.6) is 0 Å². The second kappa shape index (κ2) is 8.52. The van der Waals surface area contributed by atoms with Crippen molar-refractivity contribution in [3.05, 3.63) is 70.2 Å². The largest absolute Gasteiger partial charge is 0.449 e. The highest BCUT2D eigenvalue weighted by Gasteiger charge is 2.16. The first-order valence-electron chi connectivity index (χ1n) is 7.15. The molecule has 0 aliphatic carbocycles. The molecule has 1 amide bonds. The quantitative estimate of drug-likeness (QED) is 0.624. The van der Waals surface area contributed by atoms with Crippen molar-refractivity contribution in [2.45, 2.75) is 13.0 Å². The van der Waals surface area contributed by atoms with Crippen LogP contribution < -0.4 is 5.32 Å². The molecule has 2 rings (SSSR count). The maximum absolute atomic E-state index is 12.0. The predicted octanol–water partition coefficient (Wildman–Crippen LogP) is 4.58. The van der Waals surface area contributed by atoms with Crippen molar-refractivity contribution in [1.82, 2.24) is 0 Å². The maximum atomic E-state index is 12.0. The lowest BCUT2D eigenvalue weighted by atomic mass is 10.2. The number of rotatable bonds is 5. The molecule has 2 aromatic carbocycles. The van der Waals surface area contributed by atoms with E-state index in [1.165, 1.54) is 19.1 Å². The van der Waals surface area contributed by atoms with Crippen LogP contribution in [-0.4, -0.2) is 18.0 Å². The Balaban J connectivity index is 1.89. The molecule has 0 unspecified atom stereocenters. The van der Waals surface area contributed by atoms with Gasteiger partial charge < -0.3 is 10.1 Å². The summed E-state index contributed by atoms with van der Waals surface area (Å²) in [5, 5.41) is 3.49. The van der Waals surface area contributed by atoms with Crippen molar-refractivity contribution in [2.75, 3.05) is 5.32 Å². The molecule has 0 saturated heterocycles. The second-order valence-electron chi connectivity index (χ2n) is 4.94. The third-order valence-corrected chi connectivity index (χ3v) is 3.80. The van der Waals surface area contributed by atoms with Crippen molar-refractivity contribution >= 4 is 46.8 Å². The van der Waals surface area contributed by atoms with Gasteiger partial charge in [-0.15, -0.1) is 0 Å². The third-order valence-electron chi connectivity index (χ3n) is 3.06. The molecule has 24 heavy (non-hydrogen) atoms. The van der Waals surface area contributed by atoms with Gasteiger partial charge in [0.1, 0.15) is 0 Å². The standard InChI is InChI=1S/C18H15Cl2NO3/c1-12(18(23)21-14-5-3-2-4-6-14)24-17(22)10-8-13-7-9-15(19)16(20)11-13/h2-12H,1H3,(H,21,23)/b10-8+/t12-/m1/s1. The molecule has 6 heteroatoms. The molecule has 0 heterocycles. The fourth-order valence-electron chi connectivity index (χ4n) is 1.81. The van der Waals surface area contributed by atoms with E-state index in [-0.39, 0.29) is 0 Å². The van der Waals surface area contributed by atoms with Crippen molar-refractivity contribution in [3.63, 3.8) is 0 Å². The van der Waals surface area contributed by atoms with Gasteiger partial charge in [0.05, 0.1) is 10.0 Å². The van der Waals surface area contributed by atoms with Gasteiger partial charge >= 0.3 is 5.97 Å². The molecule has 1 N–H and O–H groups in total. The average Bonchev–Trinajstić information content (AvgIpc) is 2.56. The SMILES string of the molecule is C[C@@H](OC(=O)/C=C/c1ccc(Cl)c(Cl)c1)C(=O)Nc1ccccc1. The number of anilines is 1. The summed E-state index contributed by atoms with van der Waals surface area (Å²) in [5.41, 5.74) is 1.33. The van der Waals surface area contributed by atoms with E-state index in [0.717, 1.165) is 0 Å². The van der Waals surface area contributed by atoms with Crippen LogP contribution in [0, 0.1) is 0 Å². The van der Waals surface area contributed by atoms with Gasteiger partial charge in [0, 0.05) is 11.8 Å². The number of nitrogens with one attached hydrogen (secondary N) is 1. The summed E-state index contributed by atoms with van der Waals surface area (Å²) < 4.78 is 5.06. The van der Waals surface area contributed by atoms with Gasteiger partial charge in [-0.1, -0.05) is 47.5 Å². The number of ether oxygens (including phenoxy) is 1. The van der Waals surface area contributed by atoms with Crippen LogP contribution in [0.4, 0.5) is 5.69 Å². The number of esters is 1. The molecule has 0 bridgehead atoms. The second-order valence-corrected chi connectivity index (χ2v) is 5.76. The summed E-state index contributed by atoms with van der Waals surface area (Å²) in [4.78, 5) is 23.7. The van der Waals surface area contributed by atoms with Crippen LogP contribution in [0.25, 0.3) is 6.08 Å². The van der Waals surface area contributed by atoms with E-state index in [0.29, 0.717) is 21.3 Å². The minimum absolute atomic E-state index is 0.391. The number of carbonyl (C=O) groups is 2. The van der Waals surface area contributed by atoms with Gasteiger partial charge in [-0.25, -0.2) is 4.79 Å². The molecule has 0 aromatic heterocycles. The number of carbonyl (C=O) groups excluding carboxylic acids is 2. The highest BCUT2D eigenvalue weighted by Crippen LogP contribution is 2.23. The van der Waals surface area contributed by atoms with E-state index in [4.69, 9.17) is 27.9 Å². The van der Waals surface area contributed by atoms with Gasteiger partial charge in [-0.3, -0.25) is 4.79 Å². The van der Waals surface area contributed by atoms with Crippen LogP contribution in [0.2, 0.25) is 10.0 Å². The molecular weight excluding hydrogens is 349 g/mol. The lowest BCUT2D eigenvalue weighted by molar-refractivity contribution is -0.148. The number of halogens is 2. The summed E-state index contributed by atoms with van der Waals surface area (Å²) in [5.74, 6) is -1.03. The summed E-state index contributed by atoms with van der Waals surface area (Å²) in [6.07, 6.45) is 1.84. The molecule has 0 fully saturated rings. The van der Waals surface area contributed by atoms with Crippen LogP contribution in [0.15, 0.2) is 54.6 Å². The molecular formula is C18H15Cl2NO3. The van der Waals surface area contributed by atoms with Crippen molar-refractivity contribution in [1.29, 1.82) is 0 Å². The first-order valence-corrected chi connectivity index (χ1v) is 7.91. The minimum atomic E-state index is -0.920. The Hall–Kier alpha value is -2.30. The Kier molecular flexibility index (Phi) is 6.41. The molecule has 124 valence electrons. The Morgan fingerprint density at radius 2 is 1.79 bits per heavy atom. The number of hydrogen-bond donors (Lipinski definition) is 1. The van der Waals surface area contributed by atoms with E-state index in [9.17, 15) is 9.59 Å². The first kappa shape index (κ1) is 18.0. The first-order chi connectivity index (χ1) is 11.5. The Morgan fingerprint density at radius 3 is 2.46 bits per heavy atom. The monoisotopic (exact) mass is 363 g/mol. The average molecular weight is 364 g/mol. The summed E-state index contributed by atoms with van der Waals surface area (Å²) in [6.45, 7) is 1.50. The van der Waals surface area contributed by atoms with Gasteiger partial charge in [-0.2, -0.15) is 0 Å². The maximum Gasteiger partial charge on any atom is 0.331 e. The molecule has 0 saturated carbocycles. The zero-order valence-electron chi connectivity index (χ0n) is 12.8. The van der Waals surface area contributed by atoms with Crippen LogP contribution in [0.3, 0.4) is 0 Å². The van der Waals surface area contributed by atoms with E-state index in [1.54, 1.807) is 42.5 Å². The molecule has 2 aromatic rings. The van der Waals surface area contributed by atoms with Gasteiger partial charge in [0.25, 0.3) is 5.91 Å². The normalized spacial score (nSPS) is 12.0. The van der Waals surface area contributed by atoms with Crippen LogP contribution >= 0.6 is 23.2 Å². The molecule has 0 radical (unpaired) electrons. The zero-order valence-corrected chi connectivity index (χ0v) is 14.3. The zero-order chi connectivity index (χ0) is 17.5. The molecule has 0 aliphatic heterocycles. The Labute approximate surface area is 150 Å². The van der Waals surface area contributed by atoms with Crippen molar-refractivity contribution < 1.29 is 14.3 Å². The predicted molar refractivity (Wildman–Crippen MR) is 96.1 cm³/mol. The molecule has 0 aliphatic rings. The number of benzene rings is 2.